The molecule has 0 heterocycles. The average molecular weight is 233 g/mol. The molecule has 0 aliphatic heterocycles. The first-order valence-corrected chi connectivity index (χ1v) is 5.39. The van der Waals surface area contributed by atoms with Gasteiger partial charge in [-0.3, -0.25) is 0 Å². The molecule has 2 aromatic carbocycles. The van der Waals surface area contributed by atoms with Crippen molar-refractivity contribution >= 4 is 5.69 Å². The Balaban J connectivity index is 2.04. The standard InChI is InChI=1S/C14H13F2N/c1-10-2-4-11(5-3-10)9-17-14-7-6-12(15)8-13(14)16/h2-8,17H,9H2,1H3. The van der Waals surface area contributed by atoms with Crippen molar-refractivity contribution in [3.8, 4) is 0 Å². The van der Waals surface area contributed by atoms with Crippen LogP contribution in [0.25, 0.3) is 0 Å². The van der Waals surface area contributed by atoms with E-state index in [1.165, 1.54) is 17.7 Å². The highest BCUT2D eigenvalue weighted by Crippen LogP contribution is 2.16. The number of nitrogens with one attached hydrogen (secondary N) is 1. The molecule has 0 aromatic heterocycles. The molecule has 2 aromatic rings. The zero-order valence-electron chi connectivity index (χ0n) is 9.50. The van der Waals surface area contributed by atoms with E-state index >= 15 is 0 Å². The van der Waals surface area contributed by atoms with E-state index in [9.17, 15) is 8.78 Å². The molecule has 0 amide bonds. The molecule has 0 bridgehead atoms. The SMILES string of the molecule is Cc1ccc(CNc2ccc(F)cc2F)cc1. The summed E-state index contributed by atoms with van der Waals surface area (Å²) in [5, 5.41) is 2.93. The van der Waals surface area contributed by atoms with Crippen LogP contribution in [-0.4, -0.2) is 0 Å². The van der Waals surface area contributed by atoms with Crippen molar-refractivity contribution in [3.05, 3.63) is 65.2 Å². The smallest absolute Gasteiger partial charge is 0.149 e. The van der Waals surface area contributed by atoms with Crippen LogP contribution in [0.4, 0.5) is 14.5 Å². The molecule has 0 spiro atoms. The van der Waals surface area contributed by atoms with Crippen LogP contribution in [0.2, 0.25) is 0 Å². The highest BCUT2D eigenvalue weighted by Gasteiger charge is 2.02. The van der Waals surface area contributed by atoms with Crippen LogP contribution in [0.5, 0.6) is 0 Å². The van der Waals surface area contributed by atoms with Crippen molar-refractivity contribution in [2.24, 2.45) is 0 Å². The molecule has 0 aliphatic carbocycles. The molecular formula is C14H13F2N. The first-order valence-electron chi connectivity index (χ1n) is 5.39. The second-order valence-corrected chi connectivity index (χ2v) is 3.96. The normalized spacial score (nSPS) is 10.3. The van der Waals surface area contributed by atoms with E-state index in [2.05, 4.69) is 5.32 Å². The predicted molar refractivity (Wildman–Crippen MR) is 64.9 cm³/mol. The highest BCUT2D eigenvalue weighted by molar-refractivity contribution is 5.45. The Labute approximate surface area is 99.1 Å². The number of aryl methyl sites for hydroxylation is 1. The van der Waals surface area contributed by atoms with Gasteiger partial charge in [-0.2, -0.15) is 0 Å². The van der Waals surface area contributed by atoms with Crippen molar-refractivity contribution < 1.29 is 8.78 Å². The topological polar surface area (TPSA) is 12.0 Å². The van der Waals surface area contributed by atoms with Crippen molar-refractivity contribution in [2.75, 3.05) is 5.32 Å². The summed E-state index contributed by atoms with van der Waals surface area (Å²) in [6.07, 6.45) is 0. The van der Waals surface area contributed by atoms with Crippen molar-refractivity contribution in [3.63, 3.8) is 0 Å². The third-order valence-electron chi connectivity index (χ3n) is 2.53. The molecule has 2 rings (SSSR count). The number of benzene rings is 2. The summed E-state index contributed by atoms with van der Waals surface area (Å²) in [7, 11) is 0. The highest BCUT2D eigenvalue weighted by atomic mass is 19.1. The van der Waals surface area contributed by atoms with Gasteiger partial charge < -0.3 is 5.32 Å². The van der Waals surface area contributed by atoms with Gasteiger partial charge in [0.05, 0.1) is 5.69 Å². The molecule has 0 saturated carbocycles. The Kier molecular flexibility index (Phi) is 3.38. The summed E-state index contributed by atoms with van der Waals surface area (Å²) in [6.45, 7) is 2.53. The number of anilines is 1. The van der Waals surface area contributed by atoms with Gasteiger partial charge in [0.25, 0.3) is 0 Å². The third-order valence-corrected chi connectivity index (χ3v) is 2.53. The largest absolute Gasteiger partial charge is 0.379 e. The Morgan fingerprint density at radius 3 is 2.35 bits per heavy atom. The van der Waals surface area contributed by atoms with Crippen molar-refractivity contribution in [1.29, 1.82) is 0 Å². The number of hydrogen-bond acceptors (Lipinski definition) is 1. The Morgan fingerprint density at radius 1 is 1.00 bits per heavy atom. The average Bonchev–Trinajstić information content (AvgIpc) is 2.30. The summed E-state index contributed by atoms with van der Waals surface area (Å²) in [5.41, 5.74) is 2.55. The van der Waals surface area contributed by atoms with Crippen molar-refractivity contribution in [2.45, 2.75) is 13.5 Å². The molecule has 1 N–H and O–H groups in total. The molecule has 0 fully saturated rings. The number of halogens is 2. The van der Waals surface area contributed by atoms with Crippen LogP contribution in [0, 0.1) is 18.6 Å². The van der Waals surface area contributed by atoms with E-state index in [0.717, 1.165) is 11.6 Å². The van der Waals surface area contributed by atoms with Gasteiger partial charge in [0.2, 0.25) is 0 Å². The molecule has 0 saturated heterocycles. The second-order valence-electron chi connectivity index (χ2n) is 3.96. The minimum atomic E-state index is -0.572. The van der Waals surface area contributed by atoms with Crippen LogP contribution in [0.3, 0.4) is 0 Å². The molecule has 0 radical (unpaired) electrons. The Morgan fingerprint density at radius 2 is 1.71 bits per heavy atom. The van der Waals surface area contributed by atoms with E-state index in [-0.39, 0.29) is 0 Å². The molecule has 88 valence electrons. The fourth-order valence-corrected chi connectivity index (χ4v) is 1.54. The van der Waals surface area contributed by atoms with Gasteiger partial charge in [-0.05, 0) is 24.6 Å². The molecule has 1 nitrogen and oxygen atoms in total. The van der Waals surface area contributed by atoms with Gasteiger partial charge in [-0.25, -0.2) is 8.78 Å². The monoisotopic (exact) mass is 233 g/mol. The van der Waals surface area contributed by atoms with Crippen molar-refractivity contribution in [1.82, 2.24) is 0 Å². The summed E-state index contributed by atoms with van der Waals surface area (Å²) in [6, 6.07) is 11.5. The molecular weight excluding hydrogens is 220 g/mol. The first-order chi connectivity index (χ1) is 8.15. The van der Waals surface area contributed by atoms with Gasteiger partial charge in [0.15, 0.2) is 0 Å². The van der Waals surface area contributed by atoms with Gasteiger partial charge in [0.1, 0.15) is 11.6 Å². The Bertz CT molecular complexity index is 506. The third kappa shape index (κ3) is 3.03. The molecule has 0 atom stereocenters. The predicted octanol–water partition coefficient (Wildman–Crippen LogP) is 3.89. The van der Waals surface area contributed by atoms with E-state index in [1.54, 1.807) is 0 Å². The minimum Gasteiger partial charge on any atom is -0.379 e. The lowest BCUT2D eigenvalue weighted by Gasteiger charge is -2.07. The van der Waals surface area contributed by atoms with Crippen LogP contribution < -0.4 is 5.32 Å². The first kappa shape index (κ1) is 11.6. The zero-order valence-corrected chi connectivity index (χ0v) is 9.50. The van der Waals surface area contributed by atoms with Gasteiger partial charge in [0, 0.05) is 12.6 Å². The van der Waals surface area contributed by atoms with Crippen LogP contribution in [0.1, 0.15) is 11.1 Å². The summed E-state index contributed by atoms with van der Waals surface area (Å²) >= 11 is 0. The van der Waals surface area contributed by atoms with Crippen LogP contribution >= 0.6 is 0 Å². The lowest BCUT2D eigenvalue weighted by molar-refractivity contribution is 0.585. The Hall–Kier alpha value is -1.90. The van der Waals surface area contributed by atoms with Crippen LogP contribution in [0.15, 0.2) is 42.5 Å². The quantitative estimate of drug-likeness (QED) is 0.848. The molecule has 0 unspecified atom stereocenters. The summed E-state index contributed by atoms with van der Waals surface area (Å²) in [4.78, 5) is 0. The van der Waals surface area contributed by atoms with Gasteiger partial charge in [-0.15, -0.1) is 0 Å². The van der Waals surface area contributed by atoms with E-state index < -0.39 is 11.6 Å². The fraction of sp³-hybridized carbons (Fsp3) is 0.143. The molecule has 3 heteroatoms. The zero-order chi connectivity index (χ0) is 12.3. The van der Waals surface area contributed by atoms with E-state index in [0.29, 0.717) is 12.2 Å². The fourth-order valence-electron chi connectivity index (χ4n) is 1.54. The lowest BCUT2D eigenvalue weighted by Crippen LogP contribution is -2.01. The maximum Gasteiger partial charge on any atom is 0.149 e. The summed E-state index contributed by atoms with van der Waals surface area (Å²) < 4.78 is 26.0. The van der Waals surface area contributed by atoms with Crippen LogP contribution in [-0.2, 0) is 6.54 Å². The second kappa shape index (κ2) is 4.95. The van der Waals surface area contributed by atoms with E-state index in [1.807, 2.05) is 31.2 Å². The van der Waals surface area contributed by atoms with Gasteiger partial charge >= 0.3 is 0 Å². The van der Waals surface area contributed by atoms with E-state index in [4.69, 9.17) is 0 Å². The minimum absolute atomic E-state index is 0.312. The number of hydrogen-bond donors (Lipinski definition) is 1. The summed E-state index contributed by atoms with van der Waals surface area (Å²) in [5.74, 6) is -1.14. The van der Waals surface area contributed by atoms with Gasteiger partial charge in [-0.1, -0.05) is 29.8 Å². The maximum absolute atomic E-state index is 13.3. The number of rotatable bonds is 3. The molecule has 0 aliphatic rings. The molecule has 17 heavy (non-hydrogen) atoms. The maximum atomic E-state index is 13.3. The lowest BCUT2D eigenvalue weighted by atomic mass is 10.1.